The Hall–Kier alpha value is -6.88. The summed E-state index contributed by atoms with van der Waals surface area (Å²) in [4.78, 5) is 0. The largest absolute Gasteiger partial charge is 0.309 e. The molecule has 0 bridgehead atoms. The van der Waals surface area contributed by atoms with Gasteiger partial charge >= 0.3 is 0 Å². The molecule has 9 aromatic rings. The highest BCUT2D eigenvalue weighted by Crippen LogP contribution is 2.39. The van der Waals surface area contributed by atoms with Gasteiger partial charge in [-0.05, 0) is 77.9 Å². The van der Waals surface area contributed by atoms with Gasteiger partial charge in [-0.3, -0.25) is 0 Å². The van der Waals surface area contributed by atoms with Crippen LogP contribution >= 0.6 is 0 Å². The molecule has 4 heteroatoms. The average Bonchev–Trinajstić information content (AvgIpc) is 3.67. The predicted molar refractivity (Wildman–Crippen MR) is 195 cm³/mol. The number of nitriles is 2. The fourth-order valence-corrected chi connectivity index (χ4v) is 7.28. The van der Waals surface area contributed by atoms with Crippen LogP contribution in [0.25, 0.3) is 77.2 Å². The molecule has 0 amide bonds. The normalized spacial score (nSPS) is 11.3. The van der Waals surface area contributed by atoms with E-state index in [2.05, 4.69) is 143 Å². The van der Waals surface area contributed by atoms with Gasteiger partial charge in [-0.1, -0.05) is 91.0 Å². The lowest BCUT2D eigenvalue weighted by Gasteiger charge is -2.16. The highest BCUT2D eigenvalue weighted by molar-refractivity contribution is 6.10. The maximum atomic E-state index is 10.3. The van der Waals surface area contributed by atoms with Crippen molar-refractivity contribution in [2.75, 3.05) is 0 Å². The van der Waals surface area contributed by atoms with Gasteiger partial charge in [0.1, 0.15) is 0 Å². The Morgan fingerprint density at radius 1 is 0.396 bits per heavy atom. The van der Waals surface area contributed by atoms with Crippen molar-refractivity contribution in [3.8, 4) is 45.8 Å². The van der Waals surface area contributed by atoms with Gasteiger partial charge in [0.15, 0.2) is 0 Å². The van der Waals surface area contributed by atoms with Gasteiger partial charge in [-0.25, -0.2) is 0 Å². The first-order valence-electron chi connectivity index (χ1n) is 15.9. The van der Waals surface area contributed by atoms with E-state index in [1.165, 1.54) is 21.5 Å². The summed E-state index contributed by atoms with van der Waals surface area (Å²) in [6.45, 7) is 0. The lowest BCUT2D eigenvalue weighted by atomic mass is 9.94. The molecule has 0 fully saturated rings. The van der Waals surface area contributed by atoms with Crippen LogP contribution < -0.4 is 0 Å². The zero-order valence-electron chi connectivity index (χ0n) is 25.8. The Labute approximate surface area is 277 Å². The first kappa shape index (κ1) is 27.4. The van der Waals surface area contributed by atoms with E-state index in [4.69, 9.17) is 0 Å². The van der Waals surface area contributed by atoms with Crippen LogP contribution in [0.1, 0.15) is 11.1 Å². The van der Waals surface area contributed by atoms with E-state index in [1.807, 2.05) is 36.4 Å². The second kappa shape index (κ2) is 10.9. The van der Waals surface area contributed by atoms with E-state index in [9.17, 15) is 10.5 Å². The highest BCUT2D eigenvalue weighted by Gasteiger charge is 2.18. The third-order valence-corrected chi connectivity index (χ3v) is 9.39. The third kappa shape index (κ3) is 4.14. The molecule has 0 aliphatic heterocycles. The first-order chi connectivity index (χ1) is 23.7. The van der Waals surface area contributed by atoms with Gasteiger partial charge < -0.3 is 9.13 Å². The fraction of sp³-hybridized carbons (Fsp3) is 0. The van der Waals surface area contributed by atoms with Crippen LogP contribution in [0.5, 0.6) is 0 Å². The Bertz CT molecular complexity index is 2710. The van der Waals surface area contributed by atoms with E-state index >= 15 is 0 Å². The molecular weight excluding hydrogens is 585 g/mol. The van der Waals surface area contributed by atoms with E-state index in [-0.39, 0.29) is 0 Å². The zero-order valence-corrected chi connectivity index (χ0v) is 25.8. The van der Waals surface area contributed by atoms with Gasteiger partial charge in [0, 0.05) is 38.4 Å². The number of benzene rings is 7. The van der Waals surface area contributed by atoms with Crippen molar-refractivity contribution in [2.24, 2.45) is 0 Å². The second-order valence-corrected chi connectivity index (χ2v) is 12.0. The van der Waals surface area contributed by atoms with E-state index in [0.717, 1.165) is 55.7 Å². The summed E-state index contributed by atoms with van der Waals surface area (Å²) in [6.07, 6.45) is 0. The molecule has 222 valence electrons. The van der Waals surface area contributed by atoms with E-state index in [1.54, 1.807) is 0 Å². The molecule has 0 saturated heterocycles. The summed E-state index contributed by atoms with van der Waals surface area (Å²) in [5, 5.41) is 25.0. The van der Waals surface area contributed by atoms with Crippen molar-refractivity contribution in [3.05, 3.63) is 169 Å². The number of aromatic nitrogens is 2. The Kier molecular flexibility index (Phi) is 6.22. The Morgan fingerprint density at radius 3 is 1.46 bits per heavy atom. The molecule has 0 atom stereocenters. The quantitative estimate of drug-likeness (QED) is 0.199. The number of para-hydroxylation sites is 4. The zero-order chi connectivity index (χ0) is 32.2. The molecule has 0 aliphatic carbocycles. The van der Waals surface area contributed by atoms with Gasteiger partial charge in [0.25, 0.3) is 0 Å². The van der Waals surface area contributed by atoms with Crippen LogP contribution in [0.3, 0.4) is 0 Å². The Morgan fingerprint density at radius 2 is 0.917 bits per heavy atom. The summed E-state index contributed by atoms with van der Waals surface area (Å²) in [7, 11) is 0. The number of fused-ring (bicyclic) bond motifs is 6. The summed E-state index contributed by atoms with van der Waals surface area (Å²) in [6, 6.07) is 58.8. The minimum absolute atomic E-state index is 0.589. The van der Waals surface area contributed by atoms with Crippen molar-refractivity contribution >= 4 is 43.6 Å². The fourth-order valence-electron chi connectivity index (χ4n) is 7.28. The molecule has 48 heavy (non-hydrogen) atoms. The number of nitrogens with zero attached hydrogens (tertiary/aromatic N) is 4. The van der Waals surface area contributed by atoms with Gasteiger partial charge in [-0.2, -0.15) is 10.5 Å². The SMILES string of the molecule is N#Cc1ccc(-n2c3ccccc3c3ccccc32)c(-c2cccc(-c3cc(-n4c5ccccc5c5ccccc54)ccc3C#N)c2)c1. The number of hydrogen-bond acceptors (Lipinski definition) is 2. The Balaban J connectivity index is 1.26. The topological polar surface area (TPSA) is 57.4 Å². The summed E-state index contributed by atoms with van der Waals surface area (Å²) >= 11 is 0. The van der Waals surface area contributed by atoms with E-state index in [0.29, 0.717) is 11.1 Å². The van der Waals surface area contributed by atoms with Crippen LogP contribution in [0.2, 0.25) is 0 Å². The van der Waals surface area contributed by atoms with Crippen molar-refractivity contribution in [1.82, 2.24) is 9.13 Å². The van der Waals surface area contributed by atoms with E-state index < -0.39 is 0 Å². The summed E-state index contributed by atoms with van der Waals surface area (Å²) in [5.41, 5.74) is 11.3. The minimum atomic E-state index is 0.589. The molecule has 0 spiro atoms. The maximum absolute atomic E-state index is 10.3. The van der Waals surface area contributed by atoms with Gasteiger partial charge in [-0.15, -0.1) is 0 Å². The lowest BCUT2D eigenvalue weighted by molar-refractivity contribution is 1.18. The van der Waals surface area contributed by atoms with Crippen LogP contribution in [0.4, 0.5) is 0 Å². The van der Waals surface area contributed by atoms with Crippen molar-refractivity contribution in [1.29, 1.82) is 10.5 Å². The molecule has 9 rings (SSSR count). The smallest absolute Gasteiger partial charge is 0.0998 e. The molecule has 4 nitrogen and oxygen atoms in total. The second-order valence-electron chi connectivity index (χ2n) is 12.0. The molecule has 7 aromatic carbocycles. The molecule has 2 heterocycles. The number of hydrogen-bond donors (Lipinski definition) is 0. The molecule has 0 saturated carbocycles. The monoisotopic (exact) mass is 610 g/mol. The van der Waals surface area contributed by atoms with Gasteiger partial charge in [0.2, 0.25) is 0 Å². The minimum Gasteiger partial charge on any atom is -0.309 e. The predicted octanol–water partition coefficient (Wildman–Crippen LogP) is 11.0. The summed E-state index contributed by atoms with van der Waals surface area (Å²) in [5.74, 6) is 0. The first-order valence-corrected chi connectivity index (χ1v) is 15.9. The van der Waals surface area contributed by atoms with Crippen molar-refractivity contribution in [2.45, 2.75) is 0 Å². The highest BCUT2D eigenvalue weighted by atomic mass is 15.0. The van der Waals surface area contributed by atoms with Crippen molar-refractivity contribution < 1.29 is 0 Å². The summed E-state index contributed by atoms with van der Waals surface area (Å²) < 4.78 is 4.56. The van der Waals surface area contributed by atoms with Crippen molar-refractivity contribution in [3.63, 3.8) is 0 Å². The van der Waals surface area contributed by atoms with Gasteiger partial charge in [0.05, 0.1) is 51.0 Å². The standard InChI is InChI=1S/C44H26N4/c45-27-29-20-23-44(48-42-18-7-3-14-36(42)37-15-4-8-19-43(37)48)39(24-29)31-11-9-10-30(25-31)38-26-33(22-21-32(38)28-46)47-40-16-5-1-12-34(40)35-13-2-6-17-41(35)47/h1-26H. The number of rotatable bonds is 4. The van der Waals surface area contributed by atoms with Crippen LogP contribution in [-0.2, 0) is 0 Å². The van der Waals surface area contributed by atoms with Crippen LogP contribution in [0.15, 0.2) is 158 Å². The molecule has 0 N–H and O–H groups in total. The van der Waals surface area contributed by atoms with Crippen LogP contribution in [-0.4, -0.2) is 9.13 Å². The maximum Gasteiger partial charge on any atom is 0.0998 e. The average molecular weight is 611 g/mol. The molecule has 0 aliphatic rings. The molecule has 2 aromatic heterocycles. The van der Waals surface area contributed by atoms with Crippen LogP contribution in [0, 0.1) is 22.7 Å². The molecule has 0 unspecified atom stereocenters. The molecule has 0 radical (unpaired) electrons. The molecular formula is C44H26N4. The third-order valence-electron chi connectivity index (χ3n) is 9.39. The lowest BCUT2D eigenvalue weighted by Crippen LogP contribution is -1.98.